The van der Waals surface area contributed by atoms with E-state index >= 15 is 0 Å². The second-order valence-electron chi connectivity index (χ2n) is 7.23. The van der Waals surface area contributed by atoms with Crippen molar-refractivity contribution in [2.24, 2.45) is 4.99 Å². The Morgan fingerprint density at radius 2 is 2.03 bits per heavy atom. The lowest BCUT2D eigenvalue weighted by atomic mass is 10.1. The summed E-state index contributed by atoms with van der Waals surface area (Å²) in [7, 11) is 1.81. The molecular formula is C23H32IN5O. The van der Waals surface area contributed by atoms with Crippen LogP contribution in [0.3, 0.4) is 0 Å². The van der Waals surface area contributed by atoms with Crippen LogP contribution in [0, 0.1) is 6.92 Å². The van der Waals surface area contributed by atoms with E-state index in [0.717, 1.165) is 49.0 Å². The molecule has 1 fully saturated rings. The number of piperidine rings is 1. The standard InChI is InChI=1S/C23H31N5O.HI/c1-4-15-29-21-8-6-5-7-19(21)17-26-23(24-3)27-20-11-13-28(14-12-20)22-10-9-18(2)16-25-22;/h4-10,16,20H,1,11-15,17H2,2-3H3,(H2,24,26,27);1H. The Hall–Kier alpha value is -2.29. The predicted molar refractivity (Wildman–Crippen MR) is 135 cm³/mol. The first-order valence-corrected chi connectivity index (χ1v) is 10.2. The van der Waals surface area contributed by atoms with Crippen molar-refractivity contribution in [1.82, 2.24) is 15.6 Å². The Morgan fingerprint density at radius 3 is 2.70 bits per heavy atom. The topological polar surface area (TPSA) is 61.8 Å². The van der Waals surface area contributed by atoms with Crippen LogP contribution >= 0.6 is 24.0 Å². The van der Waals surface area contributed by atoms with Crippen molar-refractivity contribution in [2.45, 2.75) is 32.4 Å². The van der Waals surface area contributed by atoms with Gasteiger partial charge in [-0.2, -0.15) is 0 Å². The Kier molecular flexibility index (Phi) is 9.93. The molecule has 6 nitrogen and oxygen atoms in total. The number of nitrogens with one attached hydrogen (secondary N) is 2. The summed E-state index contributed by atoms with van der Waals surface area (Å²) < 4.78 is 5.73. The molecule has 1 aromatic heterocycles. The van der Waals surface area contributed by atoms with E-state index < -0.39 is 0 Å². The van der Waals surface area contributed by atoms with Gasteiger partial charge in [-0.3, -0.25) is 4.99 Å². The van der Waals surface area contributed by atoms with Crippen LogP contribution in [0.15, 0.2) is 60.2 Å². The van der Waals surface area contributed by atoms with E-state index in [-0.39, 0.29) is 24.0 Å². The van der Waals surface area contributed by atoms with E-state index in [1.165, 1.54) is 5.56 Å². The molecule has 3 rings (SSSR count). The normalized spacial score (nSPS) is 14.6. The molecule has 162 valence electrons. The van der Waals surface area contributed by atoms with Crippen LogP contribution in [0.25, 0.3) is 0 Å². The number of aliphatic imine (C=N–C) groups is 1. The van der Waals surface area contributed by atoms with E-state index in [4.69, 9.17) is 4.74 Å². The van der Waals surface area contributed by atoms with Gasteiger partial charge in [-0.25, -0.2) is 4.98 Å². The van der Waals surface area contributed by atoms with Crippen LogP contribution < -0.4 is 20.3 Å². The number of aryl methyl sites for hydroxylation is 1. The van der Waals surface area contributed by atoms with Crippen molar-refractivity contribution in [3.8, 4) is 5.75 Å². The predicted octanol–water partition coefficient (Wildman–Crippen LogP) is 3.91. The van der Waals surface area contributed by atoms with Gasteiger partial charge in [-0.15, -0.1) is 24.0 Å². The lowest BCUT2D eigenvalue weighted by Crippen LogP contribution is -2.48. The first-order chi connectivity index (χ1) is 14.2. The number of hydrogen-bond acceptors (Lipinski definition) is 4. The van der Waals surface area contributed by atoms with E-state index in [1.54, 1.807) is 13.1 Å². The molecule has 1 aliphatic rings. The smallest absolute Gasteiger partial charge is 0.191 e. The highest BCUT2D eigenvalue weighted by Crippen LogP contribution is 2.19. The van der Waals surface area contributed by atoms with Crippen molar-refractivity contribution < 1.29 is 4.74 Å². The molecule has 2 aromatic rings. The third-order valence-corrected chi connectivity index (χ3v) is 5.05. The van der Waals surface area contributed by atoms with E-state index in [2.05, 4.69) is 57.2 Å². The Morgan fingerprint density at radius 1 is 1.27 bits per heavy atom. The summed E-state index contributed by atoms with van der Waals surface area (Å²) in [6.45, 7) is 8.90. The zero-order chi connectivity index (χ0) is 20.5. The second-order valence-corrected chi connectivity index (χ2v) is 7.23. The van der Waals surface area contributed by atoms with Gasteiger partial charge >= 0.3 is 0 Å². The number of nitrogens with zero attached hydrogens (tertiary/aromatic N) is 3. The minimum atomic E-state index is 0. The highest BCUT2D eigenvalue weighted by molar-refractivity contribution is 14.0. The summed E-state index contributed by atoms with van der Waals surface area (Å²) in [4.78, 5) is 11.3. The first-order valence-electron chi connectivity index (χ1n) is 10.2. The van der Waals surface area contributed by atoms with E-state index in [1.807, 2.05) is 24.4 Å². The molecule has 0 bridgehead atoms. The first kappa shape index (κ1) is 24.0. The summed E-state index contributed by atoms with van der Waals surface area (Å²) in [5.74, 6) is 2.75. The van der Waals surface area contributed by atoms with Crippen LogP contribution in [0.1, 0.15) is 24.0 Å². The SMILES string of the molecule is C=CCOc1ccccc1CNC(=NC)NC1CCN(c2ccc(C)cn2)CC1.I. The van der Waals surface area contributed by atoms with Gasteiger partial charge < -0.3 is 20.3 Å². The molecule has 7 heteroatoms. The van der Waals surface area contributed by atoms with Gasteiger partial charge in [0.1, 0.15) is 18.2 Å². The highest BCUT2D eigenvalue weighted by atomic mass is 127. The number of ether oxygens (including phenoxy) is 1. The maximum absolute atomic E-state index is 5.73. The van der Waals surface area contributed by atoms with Gasteiger partial charge in [0.25, 0.3) is 0 Å². The van der Waals surface area contributed by atoms with Gasteiger partial charge in [0.2, 0.25) is 0 Å². The molecule has 0 spiro atoms. The largest absolute Gasteiger partial charge is 0.489 e. The molecule has 1 aromatic carbocycles. The summed E-state index contributed by atoms with van der Waals surface area (Å²) in [5, 5.41) is 6.96. The summed E-state index contributed by atoms with van der Waals surface area (Å²) in [5.41, 5.74) is 2.29. The Labute approximate surface area is 196 Å². The summed E-state index contributed by atoms with van der Waals surface area (Å²) in [6.07, 6.45) is 5.79. The van der Waals surface area contributed by atoms with Crippen LogP contribution in [-0.2, 0) is 6.54 Å². The molecule has 2 heterocycles. The number of pyridine rings is 1. The molecule has 0 unspecified atom stereocenters. The lowest BCUT2D eigenvalue weighted by molar-refractivity contribution is 0.358. The molecule has 0 aliphatic carbocycles. The number of benzene rings is 1. The maximum Gasteiger partial charge on any atom is 0.191 e. The van der Waals surface area contributed by atoms with Gasteiger partial charge in [-0.05, 0) is 37.5 Å². The fourth-order valence-electron chi connectivity index (χ4n) is 3.41. The van der Waals surface area contributed by atoms with Crippen molar-refractivity contribution in [3.63, 3.8) is 0 Å². The molecule has 0 amide bonds. The highest BCUT2D eigenvalue weighted by Gasteiger charge is 2.21. The number of para-hydroxylation sites is 1. The molecular weight excluding hydrogens is 489 g/mol. The van der Waals surface area contributed by atoms with Crippen molar-refractivity contribution in [1.29, 1.82) is 0 Å². The Balaban J connectivity index is 0.00000320. The van der Waals surface area contributed by atoms with Crippen molar-refractivity contribution in [3.05, 3.63) is 66.4 Å². The fraction of sp³-hybridized carbons (Fsp3) is 0.391. The van der Waals surface area contributed by atoms with Gasteiger partial charge in [-0.1, -0.05) is 36.9 Å². The molecule has 1 aliphatic heterocycles. The van der Waals surface area contributed by atoms with Gasteiger partial charge in [0.05, 0.1) is 0 Å². The van der Waals surface area contributed by atoms with Gasteiger partial charge in [0, 0.05) is 44.5 Å². The average molecular weight is 521 g/mol. The quantitative estimate of drug-likeness (QED) is 0.251. The molecule has 30 heavy (non-hydrogen) atoms. The van der Waals surface area contributed by atoms with Gasteiger partial charge in [0.15, 0.2) is 5.96 Å². The number of aromatic nitrogens is 1. The number of rotatable bonds is 7. The number of halogens is 1. The van der Waals surface area contributed by atoms with Crippen molar-refractivity contribution in [2.75, 3.05) is 31.6 Å². The molecule has 2 N–H and O–H groups in total. The second kappa shape index (κ2) is 12.4. The summed E-state index contributed by atoms with van der Waals surface area (Å²) >= 11 is 0. The zero-order valence-electron chi connectivity index (χ0n) is 17.8. The van der Waals surface area contributed by atoms with E-state index in [0.29, 0.717) is 19.2 Å². The number of anilines is 1. The Bertz CT molecular complexity index is 817. The molecule has 0 atom stereocenters. The van der Waals surface area contributed by atoms with Crippen LogP contribution in [0.2, 0.25) is 0 Å². The zero-order valence-corrected chi connectivity index (χ0v) is 20.1. The number of hydrogen-bond donors (Lipinski definition) is 2. The van der Waals surface area contributed by atoms with Crippen LogP contribution in [0.5, 0.6) is 5.75 Å². The molecule has 1 saturated heterocycles. The van der Waals surface area contributed by atoms with Crippen molar-refractivity contribution >= 4 is 35.8 Å². The third kappa shape index (κ3) is 6.90. The minimum absolute atomic E-state index is 0. The number of guanidine groups is 1. The lowest BCUT2D eigenvalue weighted by Gasteiger charge is -2.33. The third-order valence-electron chi connectivity index (χ3n) is 5.05. The maximum atomic E-state index is 5.73. The molecule has 0 saturated carbocycles. The monoisotopic (exact) mass is 521 g/mol. The van der Waals surface area contributed by atoms with Crippen LogP contribution in [0.4, 0.5) is 5.82 Å². The van der Waals surface area contributed by atoms with Crippen LogP contribution in [-0.4, -0.2) is 43.7 Å². The minimum Gasteiger partial charge on any atom is -0.489 e. The summed E-state index contributed by atoms with van der Waals surface area (Å²) in [6, 6.07) is 12.7. The van der Waals surface area contributed by atoms with E-state index in [9.17, 15) is 0 Å². The fourth-order valence-corrected chi connectivity index (χ4v) is 3.41. The molecule has 0 radical (unpaired) electrons. The average Bonchev–Trinajstić information content (AvgIpc) is 2.77.